The normalized spacial score (nSPS) is 22.1. The smallest absolute Gasteiger partial charge is 0.220 e. The molecule has 1 heterocycles. The lowest BCUT2D eigenvalue weighted by molar-refractivity contribution is -0.302. The minimum absolute atomic E-state index is 0.191. The molecule has 7 atom stereocenters. The van der Waals surface area contributed by atoms with E-state index in [9.17, 15) is 30.3 Å². The van der Waals surface area contributed by atoms with E-state index in [0.717, 1.165) is 19.3 Å². The molecule has 1 amide bonds. The molecule has 9 heteroatoms. The molecule has 7 unspecified atom stereocenters. The van der Waals surface area contributed by atoms with Gasteiger partial charge in [0.2, 0.25) is 5.91 Å². The average Bonchev–Trinajstić information content (AvgIpc) is 3.12. The van der Waals surface area contributed by atoms with Gasteiger partial charge in [0.15, 0.2) is 6.29 Å². The van der Waals surface area contributed by atoms with Gasteiger partial charge in [0, 0.05) is 6.42 Å². The van der Waals surface area contributed by atoms with Crippen LogP contribution in [-0.2, 0) is 14.3 Å². The lowest BCUT2D eigenvalue weighted by Crippen LogP contribution is -2.60. The SMILES string of the molecule is CCCCCCCCCCCCCCCCCCCCCCCCCCC/C=C/C(O)C(COC1OC(CO)C(O)C(O)C1O)NC(=O)CCC. The maximum absolute atomic E-state index is 12.3. The Bertz CT molecular complexity index is 812. The zero-order chi connectivity index (χ0) is 37.4. The first kappa shape index (κ1) is 48.0. The van der Waals surface area contributed by atoms with Crippen molar-refractivity contribution < 1.29 is 39.8 Å². The molecular formula is C42H81NO8. The standard InChI is InChI=1S/C42H81NO8/c1-3-5-6-7-8-9-10-11-12-13-14-15-16-17-18-19-20-21-22-23-24-25-26-27-28-29-30-32-36(45)35(43-38(46)31-4-2)34-50-42-41(49)40(48)39(47)37(33-44)51-42/h30,32,35-37,39-42,44-45,47-49H,3-29,31,33-34H2,1-2H3,(H,43,46)/b32-30+. The Morgan fingerprint density at radius 1 is 0.647 bits per heavy atom. The number of aliphatic hydroxyl groups is 5. The van der Waals surface area contributed by atoms with Crippen LogP contribution in [0.5, 0.6) is 0 Å². The van der Waals surface area contributed by atoms with Crippen LogP contribution < -0.4 is 5.32 Å². The van der Waals surface area contributed by atoms with Crippen LogP contribution in [0.15, 0.2) is 12.2 Å². The number of amides is 1. The van der Waals surface area contributed by atoms with Gasteiger partial charge in [-0.25, -0.2) is 0 Å². The summed E-state index contributed by atoms with van der Waals surface area (Å²) in [4.78, 5) is 12.3. The van der Waals surface area contributed by atoms with Gasteiger partial charge in [-0.1, -0.05) is 180 Å². The van der Waals surface area contributed by atoms with Crippen LogP contribution in [-0.4, -0.2) is 87.5 Å². The lowest BCUT2D eigenvalue weighted by atomic mass is 9.99. The number of nitrogens with one attached hydrogen (secondary N) is 1. The maximum Gasteiger partial charge on any atom is 0.220 e. The molecule has 9 nitrogen and oxygen atoms in total. The summed E-state index contributed by atoms with van der Waals surface area (Å²) in [5.74, 6) is -0.229. The van der Waals surface area contributed by atoms with Gasteiger partial charge in [-0.05, 0) is 19.3 Å². The molecule has 0 aliphatic carbocycles. The molecule has 0 aromatic rings. The van der Waals surface area contributed by atoms with Crippen molar-refractivity contribution in [1.29, 1.82) is 0 Å². The summed E-state index contributed by atoms with van der Waals surface area (Å²) in [6, 6.07) is -0.795. The number of aliphatic hydroxyl groups excluding tert-OH is 5. The summed E-state index contributed by atoms with van der Waals surface area (Å²) in [5.41, 5.74) is 0. The van der Waals surface area contributed by atoms with Crippen LogP contribution in [0.3, 0.4) is 0 Å². The number of rotatable bonds is 35. The summed E-state index contributed by atoms with van der Waals surface area (Å²) in [7, 11) is 0. The highest BCUT2D eigenvalue weighted by molar-refractivity contribution is 5.76. The minimum Gasteiger partial charge on any atom is -0.394 e. The summed E-state index contributed by atoms with van der Waals surface area (Å²) in [6.45, 7) is 3.42. The quantitative estimate of drug-likeness (QED) is 0.0283. The maximum atomic E-state index is 12.3. The van der Waals surface area contributed by atoms with E-state index in [1.807, 2.05) is 13.0 Å². The molecule has 0 bridgehead atoms. The molecule has 51 heavy (non-hydrogen) atoms. The third-order valence-electron chi connectivity index (χ3n) is 10.3. The van der Waals surface area contributed by atoms with Crippen LogP contribution >= 0.6 is 0 Å². The summed E-state index contributed by atoms with van der Waals surface area (Å²) < 4.78 is 11.0. The first-order valence-electron chi connectivity index (χ1n) is 21.4. The molecule has 1 saturated heterocycles. The number of hydrogen-bond donors (Lipinski definition) is 6. The second kappa shape index (κ2) is 33.5. The van der Waals surface area contributed by atoms with E-state index < -0.39 is 49.5 Å². The van der Waals surface area contributed by atoms with E-state index in [4.69, 9.17) is 9.47 Å². The van der Waals surface area contributed by atoms with E-state index in [-0.39, 0.29) is 12.5 Å². The van der Waals surface area contributed by atoms with Crippen molar-refractivity contribution in [1.82, 2.24) is 5.32 Å². The van der Waals surface area contributed by atoms with Gasteiger partial charge in [0.25, 0.3) is 0 Å². The molecular weight excluding hydrogens is 646 g/mol. The van der Waals surface area contributed by atoms with Crippen LogP contribution in [0, 0.1) is 0 Å². The van der Waals surface area contributed by atoms with Crippen molar-refractivity contribution in [2.45, 2.75) is 236 Å². The molecule has 1 fully saturated rings. The number of ether oxygens (including phenoxy) is 2. The number of carbonyl (C=O) groups is 1. The van der Waals surface area contributed by atoms with Crippen LogP contribution in [0.1, 0.15) is 194 Å². The summed E-state index contributed by atoms with van der Waals surface area (Å²) in [5, 5.41) is 53.2. The molecule has 1 aliphatic rings. The second-order valence-corrected chi connectivity index (χ2v) is 15.1. The molecule has 1 aliphatic heterocycles. The Morgan fingerprint density at radius 3 is 1.49 bits per heavy atom. The van der Waals surface area contributed by atoms with Crippen molar-refractivity contribution >= 4 is 5.91 Å². The van der Waals surface area contributed by atoms with Gasteiger partial charge in [-0.3, -0.25) is 4.79 Å². The van der Waals surface area contributed by atoms with E-state index in [1.54, 1.807) is 6.08 Å². The molecule has 0 radical (unpaired) electrons. The van der Waals surface area contributed by atoms with E-state index in [0.29, 0.717) is 12.8 Å². The van der Waals surface area contributed by atoms with Crippen molar-refractivity contribution in [2.24, 2.45) is 0 Å². The first-order chi connectivity index (χ1) is 24.8. The van der Waals surface area contributed by atoms with Gasteiger partial charge in [-0.2, -0.15) is 0 Å². The Hall–Kier alpha value is -1.07. The predicted molar refractivity (Wildman–Crippen MR) is 207 cm³/mol. The highest BCUT2D eigenvalue weighted by Gasteiger charge is 2.44. The fourth-order valence-corrected chi connectivity index (χ4v) is 6.91. The third-order valence-corrected chi connectivity index (χ3v) is 10.3. The molecule has 302 valence electrons. The highest BCUT2D eigenvalue weighted by atomic mass is 16.7. The fourth-order valence-electron chi connectivity index (χ4n) is 6.91. The van der Waals surface area contributed by atoms with Gasteiger partial charge >= 0.3 is 0 Å². The first-order valence-corrected chi connectivity index (χ1v) is 21.4. The molecule has 0 aromatic heterocycles. The average molecular weight is 728 g/mol. The molecule has 0 saturated carbocycles. The van der Waals surface area contributed by atoms with Crippen LogP contribution in [0.4, 0.5) is 0 Å². The van der Waals surface area contributed by atoms with E-state index >= 15 is 0 Å². The van der Waals surface area contributed by atoms with Crippen molar-refractivity contribution in [3.05, 3.63) is 12.2 Å². The Kier molecular flexibility index (Phi) is 31.5. The zero-order valence-corrected chi connectivity index (χ0v) is 32.9. The minimum atomic E-state index is -1.56. The topological polar surface area (TPSA) is 149 Å². The highest BCUT2D eigenvalue weighted by Crippen LogP contribution is 2.22. The second-order valence-electron chi connectivity index (χ2n) is 15.1. The summed E-state index contributed by atoms with van der Waals surface area (Å²) >= 11 is 0. The number of carbonyl (C=O) groups excluding carboxylic acids is 1. The number of hydrogen-bond acceptors (Lipinski definition) is 8. The predicted octanol–water partition coefficient (Wildman–Crippen LogP) is 8.17. The van der Waals surface area contributed by atoms with Gasteiger partial charge < -0.3 is 40.3 Å². The van der Waals surface area contributed by atoms with Crippen LogP contribution in [0.25, 0.3) is 0 Å². The lowest BCUT2D eigenvalue weighted by Gasteiger charge is -2.40. The molecule has 0 aromatic carbocycles. The Balaban J connectivity index is 2.03. The van der Waals surface area contributed by atoms with E-state index in [1.165, 1.54) is 148 Å². The van der Waals surface area contributed by atoms with Gasteiger partial charge in [0.05, 0.1) is 25.4 Å². The Labute approximate surface area is 312 Å². The largest absolute Gasteiger partial charge is 0.394 e. The van der Waals surface area contributed by atoms with Gasteiger partial charge in [0.1, 0.15) is 24.4 Å². The van der Waals surface area contributed by atoms with Crippen LogP contribution in [0.2, 0.25) is 0 Å². The Morgan fingerprint density at radius 2 is 1.08 bits per heavy atom. The van der Waals surface area contributed by atoms with Crippen molar-refractivity contribution in [3.8, 4) is 0 Å². The molecule has 6 N–H and O–H groups in total. The zero-order valence-electron chi connectivity index (χ0n) is 32.9. The molecule has 1 rings (SSSR count). The summed E-state index contributed by atoms with van der Waals surface area (Å²) in [6.07, 6.45) is 31.6. The number of unbranched alkanes of at least 4 members (excludes halogenated alkanes) is 25. The van der Waals surface area contributed by atoms with Crippen molar-refractivity contribution in [3.63, 3.8) is 0 Å². The fraction of sp³-hybridized carbons (Fsp3) is 0.929. The van der Waals surface area contributed by atoms with E-state index in [2.05, 4.69) is 12.2 Å². The number of allylic oxidation sites excluding steroid dienone is 1. The monoisotopic (exact) mass is 728 g/mol. The van der Waals surface area contributed by atoms with Gasteiger partial charge in [-0.15, -0.1) is 0 Å². The third kappa shape index (κ3) is 24.8. The molecule has 0 spiro atoms. The van der Waals surface area contributed by atoms with Crippen molar-refractivity contribution in [2.75, 3.05) is 13.2 Å².